The Morgan fingerprint density at radius 1 is 1.00 bits per heavy atom. The van der Waals surface area contributed by atoms with Crippen LogP contribution in [0.15, 0.2) is 24.3 Å². The maximum Gasteiger partial charge on any atom is 0.119 e. The summed E-state index contributed by atoms with van der Waals surface area (Å²) in [5.74, 6) is 0.963. The molecule has 0 heterocycles. The topological polar surface area (TPSA) is 41.5 Å². The summed E-state index contributed by atoms with van der Waals surface area (Å²) in [6.07, 6.45) is 4.70. The van der Waals surface area contributed by atoms with E-state index >= 15 is 0 Å². The van der Waals surface area contributed by atoms with Gasteiger partial charge in [0, 0.05) is 6.54 Å². The minimum absolute atomic E-state index is 0.227. The number of hydrogen-bond acceptors (Lipinski definition) is 3. The first-order chi connectivity index (χ1) is 8.83. The Morgan fingerprint density at radius 3 is 2.44 bits per heavy atom. The minimum atomic E-state index is 0.227. The van der Waals surface area contributed by atoms with Crippen LogP contribution in [0.2, 0.25) is 0 Å². The molecular formula is C15H25NO2. The fourth-order valence-electron chi connectivity index (χ4n) is 1.73. The molecule has 0 radical (unpaired) electrons. The average Bonchev–Trinajstić information content (AvgIpc) is 2.39. The van der Waals surface area contributed by atoms with Crippen molar-refractivity contribution < 1.29 is 9.84 Å². The molecule has 0 unspecified atom stereocenters. The van der Waals surface area contributed by atoms with E-state index in [1.807, 2.05) is 12.1 Å². The molecule has 0 saturated carbocycles. The lowest BCUT2D eigenvalue weighted by Gasteiger charge is -2.06. The van der Waals surface area contributed by atoms with E-state index in [-0.39, 0.29) is 6.61 Å². The van der Waals surface area contributed by atoms with Gasteiger partial charge in [0.15, 0.2) is 0 Å². The highest BCUT2D eigenvalue weighted by atomic mass is 16.5. The van der Waals surface area contributed by atoms with Gasteiger partial charge in [-0.15, -0.1) is 0 Å². The molecule has 3 nitrogen and oxygen atoms in total. The zero-order chi connectivity index (χ0) is 13.1. The minimum Gasteiger partial charge on any atom is -0.494 e. The molecule has 2 N–H and O–H groups in total. The monoisotopic (exact) mass is 251 g/mol. The molecule has 0 atom stereocenters. The Balaban J connectivity index is 1.91. The normalized spacial score (nSPS) is 10.6. The van der Waals surface area contributed by atoms with Crippen molar-refractivity contribution in [3.05, 3.63) is 29.8 Å². The largest absolute Gasteiger partial charge is 0.494 e. The molecule has 102 valence electrons. The van der Waals surface area contributed by atoms with Crippen molar-refractivity contribution in [3.63, 3.8) is 0 Å². The molecule has 0 saturated heterocycles. The molecule has 0 aliphatic rings. The summed E-state index contributed by atoms with van der Waals surface area (Å²) >= 11 is 0. The van der Waals surface area contributed by atoms with Crippen molar-refractivity contribution >= 4 is 0 Å². The van der Waals surface area contributed by atoms with Crippen LogP contribution < -0.4 is 10.1 Å². The van der Waals surface area contributed by atoms with E-state index in [0.29, 0.717) is 6.54 Å². The smallest absolute Gasteiger partial charge is 0.119 e. The number of hydrogen-bond donors (Lipinski definition) is 2. The van der Waals surface area contributed by atoms with Gasteiger partial charge in [0.25, 0.3) is 0 Å². The number of nitrogens with one attached hydrogen (secondary N) is 1. The van der Waals surface area contributed by atoms with Crippen LogP contribution in [0.25, 0.3) is 0 Å². The summed E-state index contributed by atoms with van der Waals surface area (Å²) in [5.41, 5.74) is 1.26. The molecule has 0 bridgehead atoms. The highest BCUT2D eigenvalue weighted by molar-refractivity contribution is 5.26. The fraction of sp³-hybridized carbons (Fsp3) is 0.600. The van der Waals surface area contributed by atoms with Crippen LogP contribution >= 0.6 is 0 Å². The third-order valence-electron chi connectivity index (χ3n) is 2.83. The second kappa shape index (κ2) is 9.92. The molecule has 0 aliphatic carbocycles. The van der Waals surface area contributed by atoms with E-state index in [4.69, 9.17) is 9.84 Å². The quantitative estimate of drug-likeness (QED) is 0.628. The van der Waals surface area contributed by atoms with Crippen LogP contribution in [0.5, 0.6) is 5.75 Å². The third-order valence-corrected chi connectivity index (χ3v) is 2.83. The maximum atomic E-state index is 8.59. The van der Waals surface area contributed by atoms with Gasteiger partial charge in [0.2, 0.25) is 0 Å². The lowest BCUT2D eigenvalue weighted by Crippen LogP contribution is -2.19. The third kappa shape index (κ3) is 7.30. The van der Waals surface area contributed by atoms with E-state index in [2.05, 4.69) is 24.4 Å². The van der Waals surface area contributed by atoms with Gasteiger partial charge in [-0.25, -0.2) is 0 Å². The van der Waals surface area contributed by atoms with Crippen LogP contribution in [-0.4, -0.2) is 31.4 Å². The van der Waals surface area contributed by atoms with Crippen molar-refractivity contribution in [2.45, 2.75) is 32.6 Å². The van der Waals surface area contributed by atoms with Crippen LogP contribution in [0.4, 0.5) is 0 Å². The molecule has 1 rings (SSSR count). The van der Waals surface area contributed by atoms with Gasteiger partial charge in [-0.2, -0.15) is 0 Å². The summed E-state index contributed by atoms with van der Waals surface area (Å²) in [6.45, 7) is 4.81. The summed E-state index contributed by atoms with van der Waals surface area (Å²) in [5, 5.41) is 11.8. The van der Waals surface area contributed by atoms with Gasteiger partial charge in [0.05, 0.1) is 13.2 Å². The number of aliphatic hydroxyl groups is 1. The van der Waals surface area contributed by atoms with Crippen molar-refractivity contribution in [1.82, 2.24) is 5.32 Å². The van der Waals surface area contributed by atoms with Gasteiger partial charge in [-0.05, 0) is 38.4 Å². The van der Waals surface area contributed by atoms with E-state index in [0.717, 1.165) is 25.3 Å². The van der Waals surface area contributed by atoms with Crippen molar-refractivity contribution in [3.8, 4) is 5.75 Å². The molecule has 1 aromatic carbocycles. The van der Waals surface area contributed by atoms with E-state index in [9.17, 15) is 0 Å². The van der Waals surface area contributed by atoms with Gasteiger partial charge in [-0.3, -0.25) is 0 Å². The van der Waals surface area contributed by atoms with Crippen molar-refractivity contribution in [2.75, 3.05) is 26.3 Å². The number of rotatable bonds is 10. The van der Waals surface area contributed by atoms with Gasteiger partial charge in [0.1, 0.15) is 5.75 Å². The van der Waals surface area contributed by atoms with Crippen LogP contribution in [0.3, 0.4) is 0 Å². The molecule has 3 heteroatoms. The molecule has 0 amide bonds. The van der Waals surface area contributed by atoms with E-state index in [1.54, 1.807) is 0 Å². The fourth-order valence-corrected chi connectivity index (χ4v) is 1.73. The lowest BCUT2D eigenvalue weighted by molar-refractivity contribution is 0.290. The standard InChI is InChI=1S/C15H25NO2/c1-14-6-8-15(9-7-14)18-13-5-3-2-4-10-16-11-12-17/h6-9,16-17H,2-5,10-13H2,1H3. The van der Waals surface area contributed by atoms with Crippen molar-refractivity contribution in [2.24, 2.45) is 0 Å². The number of aliphatic hydroxyl groups excluding tert-OH is 1. The highest BCUT2D eigenvalue weighted by Crippen LogP contribution is 2.12. The van der Waals surface area contributed by atoms with Gasteiger partial charge >= 0.3 is 0 Å². The van der Waals surface area contributed by atoms with E-state index in [1.165, 1.54) is 24.8 Å². The predicted octanol–water partition coefficient (Wildman–Crippen LogP) is 2.52. The first-order valence-electron chi connectivity index (χ1n) is 6.84. The summed E-state index contributed by atoms with van der Waals surface area (Å²) in [4.78, 5) is 0. The number of ether oxygens (including phenoxy) is 1. The van der Waals surface area contributed by atoms with Crippen LogP contribution in [0.1, 0.15) is 31.2 Å². The van der Waals surface area contributed by atoms with Crippen molar-refractivity contribution in [1.29, 1.82) is 0 Å². The summed E-state index contributed by atoms with van der Waals surface area (Å²) in [7, 11) is 0. The molecule has 1 aromatic rings. The lowest BCUT2D eigenvalue weighted by atomic mass is 10.2. The number of unbranched alkanes of at least 4 members (excludes halogenated alkanes) is 3. The molecular weight excluding hydrogens is 226 g/mol. The molecule has 0 fully saturated rings. The highest BCUT2D eigenvalue weighted by Gasteiger charge is 1.94. The van der Waals surface area contributed by atoms with Gasteiger partial charge < -0.3 is 15.2 Å². The Kier molecular flexibility index (Phi) is 8.26. The second-order valence-electron chi connectivity index (χ2n) is 4.55. The molecule has 0 aliphatic heterocycles. The first kappa shape index (κ1) is 15.0. The number of aryl methyl sites for hydroxylation is 1. The Labute approximate surface area is 110 Å². The van der Waals surface area contributed by atoms with E-state index < -0.39 is 0 Å². The summed E-state index contributed by atoms with van der Waals surface area (Å²) in [6, 6.07) is 8.19. The Bertz CT molecular complexity index is 298. The van der Waals surface area contributed by atoms with Gasteiger partial charge in [-0.1, -0.05) is 30.5 Å². The summed E-state index contributed by atoms with van der Waals surface area (Å²) < 4.78 is 5.66. The molecule has 0 aromatic heterocycles. The second-order valence-corrected chi connectivity index (χ2v) is 4.55. The maximum absolute atomic E-state index is 8.59. The van der Waals surface area contributed by atoms with Crippen LogP contribution in [-0.2, 0) is 0 Å². The zero-order valence-corrected chi connectivity index (χ0v) is 11.3. The molecule has 18 heavy (non-hydrogen) atoms. The Morgan fingerprint density at radius 2 is 1.72 bits per heavy atom. The van der Waals surface area contributed by atoms with Crippen LogP contribution in [0, 0.1) is 6.92 Å². The zero-order valence-electron chi connectivity index (χ0n) is 11.3. The Hall–Kier alpha value is -1.06. The molecule has 0 spiro atoms. The average molecular weight is 251 g/mol. The predicted molar refractivity (Wildman–Crippen MR) is 75.1 cm³/mol. The number of benzene rings is 1. The first-order valence-corrected chi connectivity index (χ1v) is 6.84. The SMILES string of the molecule is Cc1ccc(OCCCCCCNCCO)cc1.